The number of alkyl halides is 3. The van der Waals surface area contributed by atoms with E-state index in [1.807, 2.05) is 0 Å². The summed E-state index contributed by atoms with van der Waals surface area (Å²) in [5.41, 5.74) is -0.231. The molecule has 0 bridgehead atoms. The Balaban J connectivity index is 2.06. The Bertz CT molecular complexity index is 656. The Kier molecular flexibility index (Phi) is 3.36. The fourth-order valence-electron chi connectivity index (χ4n) is 2.31. The third-order valence-electron chi connectivity index (χ3n) is 3.48. The molecular weight excluding hydrogens is 283 g/mol. The van der Waals surface area contributed by atoms with Gasteiger partial charge in [-0.15, -0.1) is 0 Å². The zero-order valence-electron chi connectivity index (χ0n) is 10.9. The summed E-state index contributed by atoms with van der Waals surface area (Å²) in [6.07, 6.45) is 0.683. The highest BCUT2D eigenvalue weighted by molar-refractivity contribution is 5.37. The van der Waals surface area contributed by atoms with E-state index in [0.29, 0.717) is 11.3 Å². The van der Waals surface area contributed by atoms with E-state index in [9.17, 15) is 18.3 Å². The van der Waals surface area contributed by atoms with Crippen LogP contribution in [0.5, 0.6) is 0 Å². The maximum absolute atomic E-state index is 13.0. The van der Waals surface area contributed by atoms with E-state index < -0.39 is 17.8 Å². The first kappa shape index (κ1) is 13.9. The first-order chi connectivity index (χ1) is 9.98. The molecule has 0 aromatic carbocycles. The zero-order valence-corrected chi connectivity index (χ0v) is 10.9. The van der Waals surface area contributed by atoms with Gasteiger partial charge in [-0.05, 0) is 18.9 Å². The molecule has 7 heteroatoms. The molecule has 1 saturated carbocycles. The number of aliphatic hydroxyl groups is 1. The minimum absolute atomic E-state index is 0.198. The van der Waals surface area contributed by atoms with Crippen molar-refractivity contribution in [2.75, 3.05) is 0 Å². The predicted octanol–water partition coefficient (Wildman–Crippen LogP) is 2.85. The van der Waals surface area contributed by atoms with Crippen molar-refractivity contribution in [3.8, 4) is 0 Å². The molecule has 0 aliphatic heterocycles. The topological polar surface area (TPSA) is 58.9 Å². The van der Waals surface area contributed by atoms with Gasteiger partial charge in [0.1, 0.15) is 12.4 Å². The van der Waals surface area contributed by atoms with Gasteiger partial charge in [0, 0.05) is 35.6 Å². The highest BCUT2D eigenvalue weighted by Gasteiger charge is 2.37. The van der Waals surface area contributed by atoms with Crippen LogP contribution >= 0.6 is 0 Å². The van der Waals surface area contributed by atoms with E-state index in [1.54, 1.807) is 0 Å². The van der Waals surface area contributed by atoms with Crippen molar-refractivity contribution in [2.45, 2.75) is 31.0 Å². The van der Waals surface area contributed by atoms with Crippen molar-refractivity contribution in [2.24, 2.45) is 0 Å². The van der Waals surface area contributed by atoms with Crippen molar-refractivity contribution >= 4 is 0 Å². The molecule has 21 heavy (non-hydrogen) atoms. The molecule has 110 valence electrons. The summed E-state index contributed by atoms with van der Waals surface area (Å²) in [4.78, 5) is 11.6. The Morgan fingerprint density at radius 3 is 2.52 bits per heavy atom. The van der Waals surface area contributed by atoms with E-state index in [1.165, 1.54) is 12.5 Å². The Morgan fingerprint density at radius 1 is 1.14 bits per heavy atom. The average Bonchev–Trinajstić information content (AvgIpc) is 3.30. The maximum atomic E-state index is 13.0. The maximum Gasteiger partial charge on any atom is 0.416 e. The summed E-state index contributed by atoms with van der Waals surface area (Å²) in [5, 5.41) is 10.4. The second-order valence-electron chi connectivity index (χ2n) is 5.00. The number of halogens is 3. The van der Waals surface area contributed by atoms with Gasteiger partial charge in [0.15, 0.2) is 0 Å². The molecule has 4 nitrogen and oxygen atoms in total. The molecule has 2 aromatic heterocycles. The van der Waals surface area contributed by atoms with Gasteiger partial charge in [-0.2, -0.15) is 13.2 Å². The quantitative estimate of drug-likeness (QED) is 0.946. The normalized spacial score (nSPS) is 16.8. The van der Waals surface area contributed by atoms with Crippen LogP contribution in [0.1, 0.15) is 47.2 Å². The van der Waals surface area contributed by atoms with Gasteiger partial charge in [-0.3, -0.25) is 4.98 Å². The van der Waals surface area contributed by atoms with Gasteiger partial charge in [-0.1, -0.05) is 0 Å². The van der Waals surface area contributed by atoms with E-state index in [-0.39, 0.29) is 11.5 Å². The summed E-state index contributed by atoms with van der Waals surface area (Å²) >= 11 is 0. The monoisotopic (exact) mass is 295 g/mol. The van der Waals surface area contributed by atoms with Crippen LogP contribution in [-0.4, -0.2) is 20.1 Å². The first-order valence-electron chi connectivity index (χ1n) is 6.47. The summed E-state index contributed by atoms with van der Waals surface area (Å²) in [7, 11) is 0. The van der Waals surface area contributed by atoms with Crippen molar-refractivity contribution in [3.63, 3.8) is 0 Å². The SMILES string of the molecule is OC(c1cnccc1C(F)(F)F)c1cncnc1C1CC1. The van der Waals surface area contributed by atoms with Crippen molar-refractivity contribution in [1.29, 1.82) is 0 Å². The van der Waals surface area contributed by atoms with Crippen molar-refractivity contribution in [3.05, 3.63) is 53.4 Å². The minimum atomic E-state index is -4.55. The summed E-state index contributed by atoms with van der Waals surface area (Å²) in [6, 6.07) is 0.860. The molecule has 1 N–H and O–H groups in total. The van der Waals surface area contributed by atoms with Gasteiger partial charge >= 0.3 is 6.18 Å². The van der Waals surface area contributed by atoms with Gasteiger partial charge in [-0.25, -0.2) is 9.97 Å². The second-order valence-corrected chi connectivity index (χ2v) is 5.00. The van der Waals surface area contributed by atoms with Crippen LogP contribution in [0, 0.1) is 0 Å². The summed E-state index contributed by atoms with van der Waals surface area (Å²) in [5.74, 6) is 0.198. The highest BCUT2D eigenvalue weighted by atomic mass is 19.4. The lowest BCUT2D eigenvalue weighted by atomic mass is 9.97. The number of rotatable bonds is 3. The Morgan fingerprint density at radius 2 is 1.86 bits per heavy atom. The molecule has 1 atom stereocenters. The molecule has 3 rings (SSSR count). The third-order valence-corrected chi connectivity index (χ3v) is 3.48. The van der Waals surface area contributed by atoms with Crippen LogP contribution in [0.25, 0.3) is 0 Å². The second kappa shape index (κ2) is 5.07. The van der Waals surface area contributed by atoms with Crippen molar-refractivity contribution < 1.29 is 18.3 Å². The predicted molar refractivity (Wildman–Crippen MR) is 67.3 cm³/mol. The lowest BCUT2D eigenvalue weighted by Gasteiger charge is -2.18. The minimum Gasteiger partial charge on any atom is -0.383 e. The van der Waals surface area contributed by atoms with Crippen LogP contribution in [0.15, 0.2) is 31.0 Å². The lowest BCUT2D eigenvalue weighted by Crippen LogP contribution is -2.14. The van der Waals surface area contributed by atoms with Crippen LogP contribution < -0.4 is 0 Å². The molecule has 0 saturated heterocycles. The molecule has 2 aromatic rings. The van der Waals surface area contributed by atoms with Crippen LogP contribution in [0.3, 0.4) is 0 Å². The smallest absolute Gasteiger partial charge is 0.383 e. The number of pyridine rings is 1. The summed E-state index contributed by atoms with van der Waals surface area (Å²) in [6.45, 7) is 0. The number of aromatic nitrogens is 3. The number of nitrogens with zero attached hydrogens (tertiary/aromatic N) is 3. The van der Waals surface area contributed by atoms with E-state index in [0.717, 1.165) is 31.3 Å². The number of hydrogen-bond donors (Lipinski definition) is 1. The number of hydrogen-bond acceptors (Lipinski definition) is 4. The van der Waals surface area contributed by atoms with Gasteiger partial charge in [0.05, 0.1) is 11.3 Å². The molecule has 2 heterocycles. The van der Waals surface area contributed by atoms with Gasteiger partial charge < -0.3 is 5.11 Å². The lowest BCUT2D eigenvalue weighted by molar-refractivity contribution is -0.139. The largest absolute Gasteiger partial charge is 0.416 e. The molecule has 0 amide bonds. The highest BCUT2D eigenvalue weighted by Crippen LogP contribution is 2.43. The van der Waals surface area contributed by atoms with Crippen LogP contribution in [0.2, 0.25) is 0 Å². The average molecular weight is 295 g/mol. The molecule has 0 spiro atoms. The molecule has 1 aliphatic carbocycles. The van der Waals surface area contributed by atoms with E-state index >= 15 is 0 Å². The fraction of sp³-hybridized carbons (Fsp3) is 0.357. The Hall–Kier alpha value is -2.02. The van der Waals surface area contributed by atoms with E-state index in [4.69, 9.17) is 0 Å². The number of aliphatic hydroxyl groups excluding tert-OH is 1. The standard InChI is InChI=1S/C14H12F3N3O/c15-14(16,17)11-3-4-18-5-9(11)13(21)10-6-19-7-20-12(10)8-1-2-8/h3-8,13,21H,1-2H2. The van der Waals surface area contributed by atoms with Crippen LogP contribution in [0.4, 0.5) is 13.2 Å². The van der Waals surface area contributed by atoms with E-state index in [2.05, 4.69) is 15.0 Å². The van der Waals surface area contributed by atoms with Crippen LogP contribution in [-0.2, 0) is 6.18 Å². The van der Waals surface area contributed by atoms with Crippen molar-refractivity contribution in [1.82, 2.24) is 15.0 Å². The molecular formula is C14H12F3N3O. The van der Waals surface area contributed by atoms with Gasteiger partial charge in [0.25, 0.3) is 0 Å². The first-order valence-corrected chi connectivity index (χ1v) is 6.47. The zero-order chi connectivity index (χ0) is 15.0. The molecule has 1 fully saturated rings. The fourth-order valence-corrected chi connectivity index (χ4v) is 2.31. The molecule has 0 radical (unpaired) electrons. The van der Waals surface area contributed by atoms with Gasteiger partial charge in [0.2, 0.25) is 0 Å². The third kappa shape index (κ3) is 2.73. The Labute approximate surface area is 118 Å². The molecule has 1 unspecified atom stereocenters. The summed E-state index contributed by atoms with van der Waals surface area (Å²) < 4.78 is 39.1. The molecule has 1 aliphatic rings.